The summed E-state index contributed by atoms with van der Waals surface area (Å²) in [7, 11) is 0. The Bertz CT molecular complexity index is 115. The average molecular weight is 165 g/mol. The van der Waals surface area contributed by atoms with Crippen LogP contribution in [0, 0.1) is 0 Å². The Hall–Kier alpha value is -0.530. The number of rotatable bonds is 5. The lowest BCUT2D eigenvalue weighted by Gasteiger charge is -2.19. The van der Waals surface area contributed by atoms with E-state index in [1.165, 1.54) is 0 Å². The zero-order valence-electron chi connectivity index (χ0n) is 5.75. The standard InChI is InChI=1S/C5H11NO5/c6-11-4(2-8)5(10)3(9)1-7/h1,3-5,8-10H,2,6H2/t3-,4-,5-/m1/s1. The summed E-state index contributed by atoms with van der Waals surface area (Å²) in [6.45, 7) is -0.567. The second-order valence-corrected chi connectivity index (χ2v) is 1.97. The molecule has 0 aliphatic carbocycles. The molecule has 0 rings (SSSR count). The fraction of sp³-hybridized carbons (Fsp3) is 0.800. The van der Waals surface area contributed by atoms with Crippen LogP contribution in [0.3, 0.4) is 0 Å². The highest BCUT2D eigenvalue weighted by Crippen LogP contribution is 1.99. The second-order valence-electron chi connectivity index (χ2n) is 1.97. The molecule has 3 atom stereocenters. The van der Waals surface area contributed by atoms with Crippen molar-refractivity contribution in [3.8, 4) is 0 Å². The topological polar surface area (TPSA) is 113 Å². The van der Waals surface area contributed by atoms with Gasteiger partial charge in [-0.2, -0.15) is 0 Å². The molecule has 0 aliphatic rings. The normalized spacial score (nSPS) is 18.9. The van der Waals surface area contributed by atoms with E-state index in [0.717, 1.165) is 0 Å². The molecule has 0 aliphatic heterocycles. The van der Waals surface area contributed by atoms with E-state index in [2.05, 4.69) is 10.7 Å². The van der Waals surface area contributed by atoms with Gasteiger partial charge in [-0.3, -0.25) is 4.84 Å². The maximum Gasteiger partial charge on any atom is 0.151 e. The summed E-state index contributed by atoms with van der Waals surface area (Å²) in [4.78, 5) is 14.0. The highest BCUT2D eigenvalue weighted by molar-refractivity contribution is 5.56. The van der Waals surface area contributed by atoms with Crippen LogP contribution < -0.4 is 5.90 Å². The molecule has 0 spiro atoms. The molecule has 0 radical (unpaired) electrons. The number of carbonyl (C=O) groups is 1. The fourth-order valence-corrected chi connectivity index (χ4v) is 0.532. The Morgan fingerprint density at radius 3 is 2.36 bits per heavy atom. The Kier molecular flexibility index (Phi) is 4.92. The molecule has 11 heavy (non-hydrogen) atoms. The van der Waals surface area contributed by atoms with Gasteiger partial charge in [-0.25, -0.2) is 5.90 Å². The Morgan fingerprint density at radius 1 is 1.55 bits per heavy atom. The van der Waals surface area contributed by atoms with Gasteiger partial charge in [-0.1, -0.05) is 0 Å². The lowest BCUT2D eigenvalue weighted by Crippen LogP contribution is -2.43. The van der Waals surface area contributed by atoms with E-state index in [-0.39, 0.29) is 6.29 Å². The molecule has 0 bridgehead atoms. The summed E-state index contributed by atoms with van der Waals surface area (Å²) in [6.07, 6.45) is -4.10. The van der Waals surface area contributed by atoms with Gasteiger partial charge in [-0.05, 0) is 0 Å². The second kappa shape index (κ2) is 5.16. The maximum atomic E-state index is 9.89. The summed E-state index contributed by atoms with van der Waals surface area (Å²) in [6, 6.07) is 0. The molecule has 6 heteroatoms. The quantitative estimate of drug-likeness (QED) is 0.258. The van der Waals surface area contributed by atoms with Crippen LogP contribution in [0.4, 0.5) is 0 Å². The van der Waals surface area contributed by atoms with Gasteiger partial charge in [0.2, 0.25) is 0 Å². The third-order valence-electron chi connectivity index (χ3n) is 1.22. The largest absolute Gasteiger partial charge is 0.393 e. The Morgan fingerprint density at radius 2 is 2.09 bits per heavy atom. The Balaban J connectivity index is 3.95. The van der Waals surface area contributed by atoms with Gasteiger partial charge >= 0.3 is 0 Å². The van der Waals surface area contributed by atoms with Crippen molar-refractivity contribution >= 4 is 6.29 Å². The van der Waals surface area contributed by atoms with Crippen LogP contribution in [-0.4, -0.2) is 46.5 Å². The van der Waals surface area contributed by atoms with Crippen molar-refractivity contribution in [3.63, 3.8) is 0 Å². The molecule has 66 valence electrons. The number of aliphatic hydroxyl groups excluding tert-OH is 3. The average Bonchev–Trinajstić information content (AvgIpc) is 2.05. The van der Waals surface area contributed by atoms with E-state index in [0.29, 0.717) is 0 Å². The van der Waals surface area contributed by atoms with Crippen molar-refractivity contribution in [2.45, 2.75) is 18.3 Å². The van der Waals surface area contributed by atoms with E-state index >= 15 is 0 Å². The van der Waals surface area contributed by atoms with Crippen molar-refractivity contribution in [2.24, 2.45) is 5.90 Å². The van der Waals surface area contributed by atoms with E-state index in [9.17, 15) is 4.79 Å². The SMILES string of the molecule is NO[C@H](CO)[C@H](O)[C@H](O)C=O. The fourth-order valence-electron chi connectivity index (χ4n) is 0.532. The minimum Gasteiger partial charge on any atom is -0.393 e. The monoisotopic (exact) mass is 165 g/mol. The van der Waals surface area contributed by atoms with Crippen molar-refractivity contribution in [3.05, 3.63) is 0 Å². The number of aldehydes is 1. The van der Waals surface area contributed by atoms with E-state index in [4.69, 9.17) is 15.3 Å². The number of nitrogens with two attached hydrogens (primary N) is 1. The molecule has 6 nitrogen and oxygen atoms in total. The number of hydrogen-bond donors (Lipinski definition) is 4. The summed E-state index contributed by atoms with van der Waals surface area (Å²) in [5.41, 5.74) is 0. The van der Waals surface area contributed by atoms with Crippen LogP contribution in [0.2, 0.25) is 0 Å². The minimum absolute atomic E-state index is 0.131. The lowest BCUT2D eigenvalue weighted by molar-refractivity contribution is -0.134. The molecular formula is C5H11NO5. The summed E-state index contributed by atoms with van der Waals surface area (Å²) in [5, 5.41) is 26.1. The van der Waals surface area contributed by atoms with Gasteiger partial charge in [-0.15, -0.1) is 0 Å². The van der Waals surface area contributed by atoms with Gasteiger partial charge in [0.25, 0.3) is 0 Å². The molecular weight excluding hydrogens is 154 g/mol. The lowest BCUT2D eigenvalue weighted by atomic mass is 10.1. The van der Waals surface area contributed by atoms with Crippen molar-refractivity contribution < 1.29 is 25.0 Å². The molecule has 0 saturated carbocycles. The zero-order valence-corrected chi connectivity index (χ0v) is 5.75. The highest BCUT2D eigenvalue weighted by atomic mass is 16.6. The summed E-state index contributed by atoms with van der Waals surface area (Å²) < 4.78 is 0. The minimum atomic E-state index is -1.59. The van der Waals surface area contributed by atoms with Crippen LogP contribution in [0.5, 0.6) is 0 Å². The first kappa shape index (κ1) is 10.5. The summed E-state index contributed by atoms with van der Waals surface area (Å²) >= 11 is 0. The third kappa shape index (κ3) is 2.91. The van der Waals surface area contributed by atoms with Crippen LogP contribution in [0.25, 0.3) is 0 Å². The molecule has 0 amide bonds. The first-order chi connectivity index (χ1) is 5.17. The maximum absolute atomic E-state index is 9.89. The van der Waals surface area contributed by atoms with Crippen LogP contribution >= 0.6 is 0 Å². The van der Waals surface area contributed by atoms with Crippen molar-refractivity contribution in [1.29, 1.82) is 0 Å². The zero-order chi connectivity index (χ0) is 8.85. The molecule has 0 aromatic heterocycles. The van der Waals surface area contributed by atoms with Crippen molar-refractivity contribution in [1.82, 2.24) is 0 Å². The molecule has 0 unspecified atom stereocenters. The molecule has 0 aromatic carbocycles. The number of aliphatic hydroxyl groups is 3. The third-order valence-corrected chi connectivity index (χ3v) is 1.22. The van der Waals surface area contributed by atoms with Crippen LogP contribution in [-0.2, 0) is 9.63 Å². The first-order valence-electron chi connectivity index (χ1n) is 2.95. The van der Waals surface area contributed by atoms with Crippen molar-refractivity contribution in [2.75, 3.05) is 6.61 Å². The van der Waals surface area contributed by atoms with Gasteiger partial charge in [0, 0.05) is 0 Å². The van der Waals surface area contributed by atoms with E-state index in [1.807, 2.05) is 0 Å². The Labute approximate surface area is 63.2 Å². The smallest absolute Gasteiger partial charge is 0.151 e. The number of carbonyl (C=O) groups excluding carboxylic acids is 1. The predicted molar refractivity (Wildman–Crippen MR) is 34.2 cm³/mol. The number of hydrogen-bond acceptors (Lipinski definition) is 6. The van der Waals surface area contributed by atoms with Gasteiger partial charge in [0.1, 0.15) is 18.3 Å². The van der Waals surface area contributed by atoms with Gasteiger partial charge in [0.15, 0.2) is 6.29 Å². The molecule has 0 saturated heterocycles. The van der Waals surface area contributed by atoms with Gasteiger partial charge < -0.3 is 20.1 Å². The van der Waals surface area contributed by atoms with Gasteiger partial charge in [0.05, 0.1) is 6.61 Å². The highest BCUT2D eigenvalue weighted by Gasteiger charge is 2.25. The predicted octanol–water partition coefficient (Wildman–Crippen LogP) is -2.84. The molecule has 0 aromatic rings. The molecule has 5 N–H and O–H groups in total. The first-order valence-corrected chi connectivity index (χ1v) is 2.95. The van der Waals surface area contributed by atoms with Crippen LogP contribution in [0.1, 0.15) is 0 Å². The molecule has 0 fully saturated rings. The van der Waals surface area contributed by atoms with Crippen LogP contribution in [0.15, 0.2) is 0 Å². The van der Waals surface area contributed by atoms with E-state index < -0.39 is 24.9 Å². The molecule has 0 heterocycles. The van der Waals surface area contributed by atoms with E-state index in [1.54, 1.807) is 0 Å². The summed E-state index contributed by atoms with van der Waals surface area (Å²) in [5.74, 6) is 4.63.